The van der Waals surface area contributed by atoms with E-state index in [1.54, 1.807) is 0 Å². The van der Waals surface area contributed by atoms with Gasteiger partial charge < -0.3 is 13.9 Å². The molecule has 2 heterocycles. The molecule has 11 aromatic rings. The molecule has 11 rings (SSSR count). The number of benzene rings is 9. The standard InChI is InChI=1S/C52H34N2O/c1-3-13-35(14-4-1)36-17-11-21-42(29-36)53(44-26-28-52-48(34-44)45-23-9-10-24-51(45)55-52)43-22-12-18-37(30-43)40-25-27-49-46(32-40)47-31-38-15-7-8-16-39(38)33-50(47)54(49)41-19-5-2-6-20-41/h1-34H. The Kier molecular flexibility index (Phi) is 7.17. The van der Waals surface area contributed by atoms with Gasteiger partial charge in [0.15, 0.2) is 0 Å². The summed E-state index contributed by atoms with van der Waals surface area (Å²) in [6.45, 7) is 0. The number of rotatable bonds is 6. The van der Waals surface area contributed by atoms with Gasteiger partial charge in [-0.2, -0.15) is 0 Å². The average Bonchev–Trinajstić information content (AvgIpc) is 3.78. The van der Waals surface area contributed by atoms with Crippen LogP contribution >= 0.6 is 0 Å². The van der Waals surface area contributed by atoms with Crippen LogP contribution in [0.25, 0.3) is 82.5 Å². The van der Waals surface area contributed by atoms with Gasteiger partial charge in [0, 0.05) is 44.3 Å². The van der Waals surface area contributed by atoms with Crippen LogP contribution in [0.1, 0.15) is 0 Å². The fourth-order valence-corrected chi connectivity index (χ4v) is 8.32. The van der Waals surface area contributed by atoms with Crippen LogP contribution in [0.2, 0.25) is 0 Å². The Morgan fingerprint density at radius 3 is 1.69 bits per heavy atom. The van der Waals surface area contributed by atoms with Gasteiger partial charge in [-0.05, 0) is 118 Å². The lowest BCUT2D eigenvalue weighted by Crippen LogP contribution is -2.10. The number of hydrogen-bond acceptors (Lipinski definition) is 2. The zero-order valence-electron chi connectivity index (χ0n) is 29.9. The van der Waals surface area contributed by atoms with Crippen molar-refractivity contribution in [3.05, 3.63) is 206 Å². The first-order chi connectivity index (χ1) is 27.2. The highest BCUT2D eigenvalue weighted by molar-refractivity contribution is 6.14. The first kappa shape index (κ1) is 31.2. The topological polar surface area (TPSA) is 21.3 Å². The second-order valence-corrected chi connectivity index (χ2v) is 14.2. The van der Waals surface area contributed by atoms with E-state index < -0.39 is 0 Å². The molecule has 0 spiro atoms. The van der Waals surface area contributed by atoms with Gasteiger partial charge in [0.2, 0.25) is 0 Å². The molecule has 0 aliphatic heterocycles. The molecule has 0 N–H and O–H groups in total. The lowest BCUT2D eigenvalue weighted by atomic mass is 10.00. The van der Waals surface area contributed by atoms with Crippen molar-refractivity contribution in [3.63, 3.8) is 0 Å². The summed E-state index contributed by atoms with van der Waals surface area (Å²) < 4.78 is 8.65. The van der Waals surface area contributed by atoms with Crippen molar-refractivity contribution >= 4 is 71.6 Å². The van der Waals surface area contributed by atoms with E-state index in [1.165, 1.54) is 49.3 Å². The summed E-state index contributed by atoms with van der Waals surface area (Å²) in [5, 5.41) is 7.17. The molecule has 0 radical (unpaired) electrons. The lowest BCUT2D eigenvalue weighted by molar-refractivity contribution is 0.669. The predicted molar refractivity (Wildman–Crippen MR) is 231 cm³/mol. The monoisotopic (exact) mass is 702 g/mol. The molecule has 0 amide bonds. The number of furan rings is 1. The minimum Gasteiger partial charge on any atom is -0.456 e. The molecule has 0 unspecified atom stereocenters. The molecule has 3 nitrogen and oxygen atoms in total. The summed E-state index contributed by atoms with van der Waals surface area (Å²) in [5.74, 6) is 0. The second kappa shape index (κ2) is 12.6. The molecule has 0 saturated heterocycles. The number of nitrogens with zero attached hydrogens (tertiary/aromatic N) is 2. The second-order valence-electron chi connectivity index (χ2n) is 14.2. The number of para-hydroxylation sites is 2. The maximum atomic E-state index is 6.25. The lowest BCUT2D eigenvalue weighted by Gasteiger charge is -2.26. The van der Waals surface area contributed by atoms with Crippen molar-refractivity contribution < 1.29 is 4.42 Å². The van der Waals surface area contributed by atoms with Crippen LogP contribution in [0.3, 0.4) is 0 Å². The summed E-state index contributed by atoms with van der Waals surface area (Å²) >= 11 is 0. The van der Waals surface area contributed by atoms with Crippen LogP contribution in [0.15, 0.2) is 211 Å². The molecule has 0 aliphatic rings. The van der Waals surface area contributed by atoms with Crippen molar-refractivity contribution in [2.24, 2.45) is 0 Å². The molecule has 0 atom stereocenters. The Bertz CT molecular complexity index is 3210. The van der Waals surface area contributed by atoms with Crippen LogP contribution in [0, 0.1) is 0 Å². The van der Waals surface area contributed by atoms with Gasteiger partial charge in [-0.1, -0.05) is 121 Å². The van der Waals surface area contributed by atoms with Crippen molar-refractivity contribution in [3.8, 4) is 27.9 Å². The Labute approximate surface area is 318 Å². The van der Waals surface area contributed by atoms with E-state index in [-0.39, 0.29) is 0 Å². The van der Waals surface area contributed by atoms with Crippen LogP contribution in [-0.4, -0.2) is 4.57 Å². The minimum absolute atomic E-state index is 0.882. The Morgan fingerprint density at radius 2 is 0.909 bits per heavy atom. The third-order valence-electron chi connectivity index (χ3n) is 10.9. The molecule has 55 heavy (non-hydrogen) atoms. The van der Waals surface area contributed by atoms with E-state index in [1.807, 2.05) is 12.1 Å². The predicted octanol–water partition coefficient (Wildman–Crippen LogP) is 14.6. The maximum Gasteiger partial charge on any atom is 0.135 e. The molecule has 0 bridgehead atoms. The zero-order chi connectivity index (χ0) is 36.3. The molecular formula is C52H34N2O. The molecule has 0 aliphatic carbocycles. The summed E-state index contributed by atoms with van der Waals surface area (Å²) in [6.07, 6.45) is 0. The van der Waals surface area contributed by atoms with Gasteiger partial charge in [0.25, 0.3) is 0 Å². The first-order valence-corrected chi connectivity index (χ1v) is 18.7. The van der Waals surface area contributed by atoms with Crippen molar-refractivity contribution in [1.29, 1.82) is 0 Å². The molecule has 2 aromatic heterocycles. The quantitative estimate of drug-likeness (QED) is 0.172. The summed E-state index contributed by atoms with van der Waals surface area (Å²) in [5.41, 5.74) is 13.2. The third-order valence-corrected chi connectivity index (χ3v) is 10.9. The van der Waals surface area contributed by atoms with Gasteiger partial charge in [0.05, 0.1) is 11.0 Å². The fourth-order valence-electron chi connectivity index (χ4n) is 8.32. The van der Waals surface area contributed by atoms with Gasteiger partial charge in [-0.3, -0.25) is 0 Å². The number of hydrogen-bond donors (Lipinski definition) is 0. The van der Waals surface area contributed by atoms with Crippen molar-refractivity contribution in [2.45, 2.75) is 0 Å². The normalized spacial score (nSPS) is 11.6. The van der Waals surface area contributed by atoms with Crippen LogP contribution in [-0.2, 0) is 0 Å². The van der Waals surface area contributed by atoms with Gasteiger partial charge in [-0.15, -0.1) is 0 Å². The highest BCUT2D eigenvalue weighted by Crippen LogP contribution is 2.42. The van der Waals surface area contributed by atoms with Crippen molar-refractivity contribution in [2.75, 3.05) is 4.90 Å². The number of aromatic nitrogens is 1. The molecule has 9 aromatic carbocycles. The first-order valence-electron chi connectivity index (χ1n) is 18.7. The number of fused-ring (bicyclic) bond motifs is 7. The van der Waals surface area contributed by atoms with E-state index in [2.05, 4.69) is 204 Å². The highest BCUT2D eigenvalue weighted by Gasteiger charge is 2.18. The SMILES string of the molecule is c1ccc(-c2cccc(N(c3cccc(-c4ccc5c(c4)c4cc6ccccc6cc4n5-c4ccccc4)c3)c3ccc4oc5ccccc5c4c3)c2)cc1. The smallest absolute Gasteiger partial charge is 0.135 e. The molecular weight excluding hydrogens is 669 g/mol. The van der Waals surface area contributed by atoms with E-state index in [4.69, 9.17) is 4.42 Å². The summed E-state index contributed by atoms with van der Waals surface area (Å²) in [7, 11) is 0. The molecule has 0 fully saturated rings. The zero-order valence-corrected chi connectivity index (χ0v) is 29.9. The van der Waals surface area contributed by atoms with E-state index in [9.17, 15) is 0 Å². The highest BCUT2D eigenvalue weighted by atomic mass is 16.3. The summed E-state index contributed by atoms with van der Waals surface area (Å²) in [4.78, 5) is 2.36. The number of anilines is 3. The Balaban J connectivity index is 1.10. The van der Waals surface area contributed by atoms with E-state index in [0.29, 0.717) is 0 Å². The Morgan fingerprint density at radius 1 is 0.327 bits per heavy atom. The average molecular weight is 703 g/mol. The van der Waals surface area contributed by atoms with Crippen LogP contribution in [0.5, 0.6) is 0 Å². The molecule has 0 saturated carbocycles. The molecule has 3 heteroatoms. The van der Waals surface area contributed by atoms with Crippen molar-refractivity contribution in [1.82, 2.24) is 4.57 Å². The fraction of sp³-hybridized carbons (Fsp3) is 0. The van der Waals surface area contributed by atoms with Gasteiger partial charge >= 0.3 is 0 Å². The maximum absolute atomic E-state index is 6.25. The van der Waals surface area contributed by atoms with Gasteiger partial charge in [0.1, 0.15) is 11.2 Å². The van der Waals surface area contributed by atoms with Gasteiger partial charge in [-0.25, -0.2) is 0 Å². The van der Waals surface area contributed by atoms with Crippen LogP contribution in [0.4, 0.5) is 17.1 Å². The summed E-state index contributed by atoms with van der Waals surface area (Å²) in [6, 6.07) is 74.1. The minimum atomic E-state index is 0.882. The largest absolute Gasteiger partial charge is 0.456 e. The Hall–Kier alpha value is -7.36. The third kappa shape index (κ3) is 5.28. The van der Waals surface area contributed by atoms with E-state index >= 15 is 0 Å². The van der Waals surface area contributed by atoms with E-state index in [0.717, 1.165) is 50.3 Å². The van der Waals surface area contributed by atoms with Crippen LogP contribution < -0.4 is 4.90 Å². The molecule has 258 valence electrons.